The molecule has 14 atom stereocenters. The number of aliphatic hydroxyl groups is 4. The summed E-state index contributed by atoms with van der Waals surface area (Å²) in [5.41, 5.74) is 2.21. The monoisotopic (exact) mass is 863 g/mol. The topological polar surface area (TPSA) is 203 Å². The van der Waals surface area contributed by atoms with Gasteiger partial charge in [0.2, 0.25) is 5.79 Å². The number of amides is 1. The SMILES string of the molecule is C=CC[C@@H]1/C=C(\C)C[C@H](C)C[C@H](OC)[C@H]2O[C@@](O)(C(=O)C(=O)N3CCCC[C@H]3C(=O)O[C@H](/C(C)=C/[C@@H]3CC[C@@H](O)[C@H](OC)C3)[C@H](C)[C@@H](O)C/C1=N\OCCO)[C@H](C)C[C@@H]2OC. The number of carbonyl (C=O) groups excluding carboxylic acids is 3. The lowest BCUT2D eigenvalue weighted by molar-refractivity contribution is -0.302. The number of methoxy groups -OCH3 is 3. The Kier molecular flexibility index (Phi) is 19.6. The van der Waals surface area contributed by atoms with Gasteiger partial charge < -0.3 is 53.8 Å². The zero-order chi connectivity index (χ0) is 45.0. The molecule has 15 heteroatoms. The molecule has 0 aromatic heterocycles. The standard InChI is InChI=1S/C46H74N2O13/c1-10-13-33-21-27(2)20-28(3)22-39(57-8)42-40(58-9)24-30(5)46(55,61-42)43(52)44(53)48-17-12-11-14-35(48)45(54)60-41(31(6)37(51)26-34(33)47-59-19-18-49)29(4)23-32-15-16-36(50)38(25-32)56-7/h10,21,23,28,30-33,35-42,49-51,55H,1,11-20,22,24-26H2,2-9H3/b27-21+,29-23+,47-34+/t28-,30+,31+,32-,33+,35-,36+,37-,38+,39-,40-,41+,42+,46+/m0/s1. The van der Waals surface area contributed by atoms with Crippen LogP contribution >= 0.6 is 0 Å². The van der Waals surface area contributed by atoms with Gasteiger partial charge in [-0.2, -0.15) is 0 Å². The average molecular weight is 863 g/mol. The second-order valence-corrected chi connectivity index (χ2v) is 17.9. The highest BCUT2D eigenvalue weighted by molar-refractivity contribution is 6.39. The summed E-state index contributed by atoms with van der Waals surface area (Å²) in [5.74, 6) is -7.34. The van der Waals surface area contributed by atoms with Crippen molar-refractivity contribution >= 4 is 23.4 Å². The summed E-state index contributed by atoms with van der Waals surface area (Å²) in [7, 11) is 4.63. The molecule has 4 N–H and O–H groups in total. The first-order valence-corrected chi connectivity index (χ1v) is 22.2. The Morgan fingerprint density at radius 3 is 2.31 bits per heavy atom. The number of carbonyl (C=O) groups is 3. The predicted molar refractivity (Wildman–Crippen MR) is 228 cm³/mol. The molecule has 0 aromatic rings. The van der Waals surface area contributed by atoms with Crippen molar-refractivity contribution in [2.45, 2.75) is 160 Å². The smallest absolute Gasteiger partial charge is 0.329 e. The Labute approximate surface area is 362 Å². The molecule has 4 rings (SSSR count). The summed E-state index contributed by atoms with van der Waals surface area (Å²) >= 11 is 0. The molecule has 1 saturated carbocycles. The van der Waals surface area contributed by atoms with Gasteiger partial charge in [-0.3, -0.25) is 9.59 Å². The second kappa shape index (κ2) is 23.6. The maximum Gasteiger partial charge on any atom is 0.329 e. The number of rotatable bonds is 10. The number of fused-ring (bicyclic) bond motifs is 3. The van der Waals surface area contributed by atoms with Crippen LogP contribution in [0.25, 0.3) is 0 Å². The van der Waals surface area contributed by atoms with Gasteiger partial charge in [0.25, 0.3) is 11.7 Å². The minimum Gasteiger partial charge on any atom is -0.456 e. The first-order valence-electron chi connectivity index (χ1n) is 22.2. The Bertz CT molecular complexity index is 1570. The Balaban J connectivity index is 1.84. The van der Waals surface area contributed by atoms with E-state index in [4.69, 9.17) is 28.5 Å². The molecule has 1 aliphatic carbocycles. The van der Waals surface area contributed by atoms with Crippen LogP contribution in [0.4, 0.5) is 0 Å². The highest BCUT2D eigenvalue weighted by Gasteiger charge is 2.56. The van der Waals surface area contributed by atoms with Crippen molar-refractivity contribution in [3.63, 3.8) is 0 Å². The van der Waals surface area contributed by atoms with Gasteiger partial charge in [-0.1, -0.05) is 49.7 Å². The molecule has 1 amide bonds. The van der Waals surface area contributed by atoms with Crippen molar-refractivity contribution in [1.82, 2.24) is 4.90 Å². The van der Waals surface area contributed by atoms with Crippen molar-refractivity contribution in [3.05, 3.63) is 36.0 Å². The van der Waals surface area contributed by atoms with Gasteiger partial charge in [-0.25, -0.2) is 4.79 Å². The fourth-order valence-corrected chi connectivity index (χ4v) is 9.72. The molecular weight excluding hydrogens is 789 g/mol. The fourth-order valence-electron chi connectivity index (χ4n) is 9.72. The second-order valence-electron chi connectivity index (χ2n) is 17.9. The van der Waals surface area contributed by atoms with Crippen molar-refractivity contribution in [2.75, 3.05) is 41.1 Å². The number of hydrogen-bond donors (Lipinski definition) is 4. The largest absolute Gasteiger partial charge is 0.456 e. The molecule has 0 unspecified atom stereocenters. The average Bonchev–Trinajstić information content (AvgIpc) is 3.24. The van der Waals surface area contributed by atoms with Crippen LogP contribution in [0.2, 0.25) is 0 Å². The Morgan fingerprint density at radius 1 is 0.967 bits per heavy atom. The fraction of sp³-hybridized carbons (Fsp3) is 0.783. The summed E-state index contributed by atoms with van der Waals surface area (Å²) < 4.78 is 30.0. The summed E-state index contributed by atoms with van der Waals surface area (Å²) in [6.07, 6.45) is 5.63. The third-order valence-corrected chi connectivity index (χ3v) is 13.3. The molecule has 3 fully saturated rings. The maximum atomic E-state index is 14.5. The first kappa shape index (κ1) is 50.6. The van der Waals surface area contributed by atoms with Gasteiger partial charge in [-0.15, -0.1) is 6.58 Å². The van der Waals surface area contributed by atoms with Crippen LogP contribution < -0.4 is 0 Å². The lowest BCUT2D eigenvalue weighted by atomic mass is 9.81. The van der Waals surface area contributed by atoms with E-state index in [-0.39, 0.29) is 62.9 Å². The Hall–Kier alpha value is -3.02. The van der Waals surface area contributed by atoms with Crippen LogP contribution in [0.1, 0.15) is 105 Å². The predicted octanol–water partition coefficient (Wildman–Crippen LogP) is 4.43. The van der Waals surface area contributed by atoms with Crippen molar-refractivity contribution in [3.8, 4) is 0 Å². The van der Waals surface area contributed by atoms with Gasteiger partial charge in [-0.05, 0) is 95.5 Å². The molecule has 2 saturated heterocycles. The van der Waals surface area contributed by atoms with Gasteiger partial charge in [0.1, 0.15) is 24.9 Å². The normalized spacial score (nSPS) is 39.7. The van der Waals surface area contributed by atoms with E-state index in [1.54, 1.807) is 27.0 Å². The lowest BCUT2D eigenvalue weighted by Gasteiger charge is -2.47. The molecule has 0 aromatic carbocycles. The van der Waals surface area contributed by atoms with E-state index in [0.29, 0.717) is 62.7 Å². The molecule has 2 bridgehead atoms. The highest BCUT2D eigenvalue weighted by Crippen LogP contribution is 2.39. The number of hydrogen-bond acceptors (Lipinski definition) is 14. The van der Waals surface area contributed by atoms with E-state index in [1.165, 1.54) is 19.1 Å². The lowest BCUT2D eigenvalue weighted by Crippen LogP contribution is -2.64. The quantitative estimate of drug-likeness (QED) is 0.0791. The van der Waals surface area contributed by atoms with E-state index in [0.717, 1.165) is 5.57 Å². The van der Waals surface area contributed by atoms with Crippen molar-refractivity contribution in [2.24, 2.45) is 34.7 Å². The van der Waals surface area contributed by atoms with E-state index in [9.17, 15) is 34.8 Å². The number of aliphatic hydroxyl groups excluding tert-OH is 3. The van der Waals surface area contributed by atoms with Crippen molar-refractivity contribution < 1.29 is 63.3 Å². The molecule has 3 aliphatic heterocycles. The third kappa shape index (κ3) is 12.8. The van der Waals surface area contributed by atoms with Crippen LogP contribution in [0, 0.1) is 29.6 Å². The maximum absolute atomic E-state index is 14.5. The van der Waals surface area contributed by atoms with Crippen molar-refractivity contribution in [1.29, 1.82) is 0 Å². The molecule has 3 heterocycles. The molecule has 15 nitrogen and oxygen atoms in total. The van der Waals surface area contributed by atoms with Gasteiger partial charge in [0.15, 0.2) is 0 Å². The molecule has 4 aliphatic rings. The van der Waals surface area contributed by atoms with E-state index >= 15 is 0 Å². The van der Waals surface area contributed by atoms with E-state index in [1.807, 2.05) is 19.9 Å². The van der Waals surface area contributed by atoms with Crippen LogP contribution in [0.15, 0.2) is 41.1 Å². The van der Waals surface area contributed by atoms with E-state index in [2.05, 4.69) is 24.7 Å². The molecule has 0 spiro atoms. The summed E-state index contributed by atoms with van der Waals surface area (Å²) in [6, 6.07) is -1.15. The van der Waals surface area contributed by atoms with Gasteiger partial charge in [0, 0.05) is 52.0 Å². The van der Waals surface area contributed by atoms with Crippen LogP contribution in [0.5, 0.6) is 0 Å². The minimum absolute atomic E-state index is 0.0131. The third-order valence-electron chi connectivity index (χ3n) is 13.3. The van der Waals surface area contributed by atoms with Crippen LogP contribution in [0.3, 0.4) is 0 Å². The number of Topliss-reactive ketones (excluding diaryl/α,β-unsaturated/α-hetero) is 1. The van der Waals surface area contributed by atoms with Gasteiger partial charge >= 0.3 is 5.97 Å². The zero-order valence-electron chi connectivity index (χ0n) is 37.7. The molecule has 61 heavy (non-hydrogen) atoms. The number of ketones is 1. The molecule has 0 radical (unpaired) electrons. The van der Waals surface area contributed by atoms with Crippen LogP contribution in [-0.2, 0) is 42.9 Å². The number of ether oxygens (including phenoxy) is 5. The van der Waals surface area contributed by atoms with Crippen LogP contribution in [-0.4, -0.2) is 144 Å². The number of piperidine rings is 1. The molecule has 346 valence electrons. The number of esters is 1. The number of nitrogens with zero attached hydrogens (tertiary/aromatic N) is 2. The van der Waals surface area contributed by atoms with E-state index < -0.39 is 77.9 Å². The highest BCUT2D eigenvalue weighted by atomic mass is 16.7. The zero-order valence-corrected chi connectivity index (χ0v) is 37.7. The summed E-state index contributed by atoms with van der Waals surface area (Å²) in [4.78, 5) is 49.8. The molecular formula is C46H74N2O13. The summed E-state index contributed by atoms with van der Waals surface area (Å²) in [5, 5.41) is 48.6. The summed E-state index contributed by atoms with van der Waals surface area (Å²) in [6.45, 7) is 13.1. The number of cyclic esters (lactones) is 1. The minimum atomic E-state index is -2.52. The Morgan fingerprint density at radius 2 is 1.66 bits per heavy atom. The number of allylic oxidation sites excluding steroid dienone is 4. The first-order chi connectivity index (χ1) is 29.0. The van der Waals surface area contributed by atoms with Gasteiger partial charge in [0.05, 0.1) is 42.8 Å². The number of oxime groups is 1.